The Morgan fingerprint density at radius 1 is 0.441 bits per heavy atom. The van der Waals surface area contributed by atoms with E-state index in [2.05, 4.69) is 50.3 Å². The Morgan fingerprint density at radius 2 is 0.765 bits per heavy atom. The van der Waals surface area contributed by atoms with Crippen molar-refractivity contribution in [1.82, 2.24) is 19.9 Å². The summed E-state index contributed by atoms with van der Waals surface area (Å²) in [6.07, 6.45) is 8.05. The average Bonchev–Trinajstić information content (AvgIpc) is 3.53. The van der Waals surface area contributed by atoms with Crippen molar-refractivity contribution in [3.8, 4) is 17.2 Å². The molecule has 3 aromatic heterocycles. The SMILES string of the molecule is C1=Cc2cc3ccc(cc4ccc(cc5nc(cc1n2)C=C5)[nH]4)[nH]3.Oc1cc(O)cc(O)c1.[Fe]. The second-order valence-electron chi connectivity index (χ2n) is 7.61. The maximum Gasteiger partial charge on any atom is 0.122 e. The van der Waals surface area contributed by atoms with E-state index < -0.39 is 0 Å². The molecule has 6 rings (SSSR count). The number of phenols is 3. The Morgan fingerprint density at radius 3 is 1.15 bits per heavy atom. The van der Waals surface area contributed by atoms with Crippen LogP contribution in [0.1, 0.15) is 22.8 Å². The van der Waals surface area contributed by atoms with E-state index in [9.17, 15) is 0 Å². The molecule has 0 fully saturated rings. The molecule has 8 heteroatoms. The van der Waals surface area contributed by atoms with Crippen molar-refractivity contribution >= 4 is 46.4 Å². The largest absolute Gasteiger partial charge is 0.508 e. The van der Waals surface area contributed by atoms with Gasteiger partial charge in [0, 0.05) is 57.3 Å². The average molecular weight is 492 g/mol. The molecule has 8 bridgehead atoms. The van der Waals surface area contributed by atoms with Gasteiger partial charge in [-0.1, -0.05) is 0 Å². The van der Waals surface area contributed by atoms with Crippen molar-refractivity contribution in [3.63, 3.8) is 0 Å². The monoisotopic (exact) mass is 492 g/mol. The molecule has 0 unspecified atom stereocenters. The molecular formula is C26H20FeN4O3. The van der Waals surface area contributed by atoms with E-state index in [0.29, 0.717) is 0 Å². The van der Waals surface area contributed by atoms with Crippen molar-refractivity contribution in [2.24, 2.45) is 0 Å². The van der Waals surface area contributed by atoms with Gasteiger partial charge in [0.15, 0.2) is 0 Å². The Hall–Kier alpha value is -4.26. The number of H-pyrrole nitrogens is 2. The molecule has 0 spiro atoms. The Labute approximate surface area is 205 Å². The third-order valence-corrected chi connectivity index (χ3v) is 4.93. The van der Waals surface area contributed by atoms with Crippen LogP contribution in [0.15, 0.2) is 66.7 Å². The molecule has 2 aliphatic heterocycles. The Bertz CT molecular complexity index is 1430. The van der Waals surface area contributed by atoms with Gasteiger partial charge in [-0.15, -0.1) is 0 Å². The number of hydrogen-bond donors (Lipinski definition) is 5. The maximum atomic E-state index is 8.67. The van der Waals surface area contributed by atoms with Crippen molar-refractivity contribution in [1.29, 1.82) is 0 Å². The first-order valence-corrected chi connectivity index (χ1v) is 10.2. The number of nitrogens with one attached hydrogen (secondary N) is 2. The summed E-state index contributed by atoms with van der Waals surface area (Å²) in [6.45, 7) is 0. The first-order chi connectivity index (χ1) is 16.0. The van der Waals surface area contributed by atoms with Crippen LogP contribution in [0.2, 0.25) is 0 Å². The van der Waals surface area contributed by atoms with Crippen LogP contribution in [0, 0.1) is 0 Å². The molecule has 7 nitrogen and oxygen atoms in total. The van der Waals surface area contributed by atoms with Crippen LogP contribution < -0.4 is 0 Å². The quantitative estimate of drug-likeness (QED) is 0.181. The number of nitrogens with zero attached hydrogens (tertiary/aromatic N) is 2. The predicted molar refractivity (Wildman–Crippen MR) is 130 cm³/mol. The van der Waals surface area contributed by atoms with E-state index in [1.807, 2.05) is 42.5 Å². The number of aromatic amines is 2. The van der Waals surface area contributed by atoms with Gasteiger partial charge in [-0.3, -0.25) is 0 Å². The Balaban J connectivity index is 0.000000234. The summed E-state index contributed by atoms with van der Waals surface area (Å²) in [5.74, 6) is -0.437. The van der Waals surface area contributed by atoms with E-state index in [4.69, 9.17) is 15.3 Å². The van der Waals surface area contributed by atoms with Crippen molar-refractivity contribution in [3.05, 3.63) is 89.5 Å². The van der Waals surface area contributed by atoms with Crippen LogP contribution in [-0.4, -0.2) is 35.3 Å². The van der Waals surface area contributed by atoms with E-state index in [1.165, 1.54) is 0 Å². The van der Waals surface area contributed by atoms with Crippen LogP contribution in [0.25, 0.3) is 46.4 Å². The van der Waals surface area contributed by atoms with Gasteiger partial charge < -0.3 is 25.3 Å². The van der Waals surface area contributed by atoms with Gasteiger partial charge in [-0.05, 0) is 72.8 Å². The fourth-order valence-corrected chi connectivity index (χ4v) is 3.52. The maximum absolute atomic E-state index is 8.67. The Kier molecular flexibility index (Phi) is 6.54. The number of hydrogen-bond acceptors (Lipinski definition) is 5. The third-order valence-electron chi connectivity index (χ3n) is 4.93. The van der Waals surface area contributed by atoms with Crippen molar-refractivity contribution in [2.45, 2.75) is 0 Å². The molecular weight excluding hydrogens is 472 g/mol. The van der Waals surface area contributed by atoms with Gasteiger partial charge in [-0.25, -0.2) is 9.97 Å². The number of phenolic OH excluding ortho intramolecular Hbond substituents is 3. The van der Waals surface area contributed by atoms with Crippen LogP contribution in [0.3, 0.4) is 0 Å². The van der Waals surface area contributed by atoms with Crippen molar-refractivity contribution < 1.29 is 32.4 Å². The molecule has 34 heavy (non-hydrogen) atoms. The number of benzene rings is 1. The van der Waals surface area contributed by atoms with Gasteiger partial charge in [0.1, 0.15) is 17.2 Å². The summed E-state index contributed by atoms with van der Waals surface area (Å²) in [7, 11) is 0. The molecule has 1 aromatic carbocycles. The smallest absolute Gasteiger partial charge is 0.122 e. The van der Waals surface area contributed by atoms with Crippen molar-refractivity contribution in [2.75, 3.05) is 0 Å². The number of aromatic hydroxyl groups is 3. The van der Waals surface area contributed by atoms with Gasteiger partial charge in [0.2, 0.25) is 0 Å². The molecule has 2 aliphatic rings. The third kappa shape index (κ3) is 5.56. The molecule has 170 valence electrons. The van der Waals surface area contributed by atoms with E-state index in [-0.39, 0.29) is 34.3 Å². The summed E-state index contributed by atoms with van der Waals surface area (Å²) in [5, 5.41) is 26.0. The first kappa shape index (κ1) is 22.9. The second-order valence-corrected chi connectivity index (χ2v) is 7.61. The van der Waals surface area contributed by atoms with E-state index in [0.717, 1.165) is 63.0 Å². The van der Waals surface area contributed by atoms with Crippen LogP contribution in [0.4, 0.5) is 0 Å². The summed E-state index contributed by atoms with van der Waals surface area (Å²) in [4.78, 5) is 16.0. The summed E-state index contributed by atoms with van der Waals surface area (Å²) in [5.41, 5.74) is 7.86. The molecule has 0 radical (unpaired) electrons. The minimum Gasteiger partial charge on any atom is -0.508 e. The van der Waals surface area contributed by atoms with Gasteiger partial charge >= 0.3 is 0 Å². The summed E-state index contributed by atoms with van der Waals surface area (Å²) >= 11 is 0. The van der Waals surface area contributed by atoms with Crippen LogP contribution in [-0.2, 0) is 17.1 Å². The number of aromatic nitrogens is 4. The number of fused-ring (bicyclic) bond motifs is 8. The number of rotatable bonds is 0. The standard InChI is InChI=1S/C20H14N4.C6H6O3.Fe/c1-2-14-10-16-5-6-18(23-16)12-20-8-7-19(24-20)11-17-4-3-15(22-17)9-13(1)21-14;7-4-1-5(8)3-6(9)2-4;/h1-12,21-22H;1-3,7-9H;. The second kappa shape index (κ2) is 9.70. The molecule has 5 N–H and O–H groups in total. The van der Waals surface area contributed by atoms with Gasteiger partial charge in [0.25, 0.3) is 0 Å². The molecule has 0 atom stereocenters. The molecule has 0 saturated carbocycles. The first-order valence-electron chi connectivity index (χ1n) is 10.2. The zero-order valence-corrected chi connectivity index (χ0v) is 18.9. The van der Waals surface area contributed by atoms with Gasteiger partial charge in [-0.2, -0.15) is 0 Å². The van der Waals surface area contributed by atoms with Crippen LogP contribution in [0.5, 0.6) is 17.2 Å². The zero-order chi connectivity index (χ0) is 22.8. The van der Waals surface area contributed by atoms with E-state index in [1.54, 1.807) is 0 Å². The molecule has 4 aromatic rings. The molecule has 0 saturated heterocycles. The molecule has 0 amide bonds. The minimum atomic E-state index is -0.146. The topological polar surface area (TPSA) is 118 Å². The van der Waals surface area contributed by atoms with E-state index >= 15 is 0 Å². The minimum absolute atomic E-state index is 0. The molecule has 5 heterocycles. The van der Waals surface area contributed by atoms with Gasteiger partial charge in [0.05, 0.1) is 22.8 Å². The summed E-state index contributed by atoms with van der Waals surface area (Å²) < 4.78 is 0. The van der Waals surface area contributed by atoms with Crippen LogP contribution >= 0.6 is 0 Å². The zero-order valence-electron chi connectivity index (χ0n) is 17.7. The summed E-state index contributed by atoms with van der Waals surface area (Å²) in [6, 6.07) is 19.8. The fourth-order valence-electron chi connectivity index (χ4n) is 3.52. The normalized spacial score (nSPS) is 11.4. The predicted octanol–water partition coefficient (Wildman–Crippen LogP) is 5.46. The fraction of sp³-hybridized carbons (Fsp3) is 0. The molecule has 0 aliphatic carbocycles.